The summed E-state index contributed by atoms with van der Waals surface area (Å²) in [5, 5.41) is 0. The third-order valence-corrected chi connectivity index (χ3v) is 3.07. The summed E-state index contributed by atoms with van der Waals surface area (Å²) in [6.07, 6.45) is 7.22. The summed E-state index contributed by atoms with van der Waals surface area (Å²) in [7, 11) is 0. The fraction of sp³-hybridized carbons (Fsp3) is 0.857. The van der Waals surface area contributed by atoms with Crippen molar-refractivity contribution in [2.75, 3.05) is 0 Å². The summed E-state index contributed by atoms with van der Waals surface area (Å²) in [6, 6.07) is 0. The van der Waals surface area contributed by atoms with Gasteiger partial charge in [-0.1, -0.05) is 59.8 Å². The molecule has 0 bridgehead atoms. The highest BCUT2D eigenvalue weighted by molar-refractivity contribution is 6.23. The average molecular weight is 228 g/mol. The van der Waals surface area contributed by atoms with Crippen molar-refractivity contribution < 1.29 is 9.59 Å². The van der Waals surface area contributed by atoms with Gasteiger partial charge in [-0.25, -0.2) is 0 Å². The Hall–Kier alpha value is -0.660. The second-order valence-corrected chi connectivity index (χ2v) is 4.42. The summed E-state index contributed by atoms with van der Waals surface area (Å²) in [4.78, 5) is 18.6. The molecule has 0 amide bonds. The van der Waals surface area contributed by atoms with Gasteiger partial charge in [-0.3, -0.25) is 9.59 Å². The van der Waals surface area contributed by atoms with Gasteiger partial charge in [0.15, 0.2) is 12.1 Å². The molecule has 0 aliphatic carbocycles. The number of rotatable bonds is 7. The van der Waals surface area contributed by atoms with E-state index in [9.17, 15) is 4.79 Å². The molecule has 0 aliphatic heterocycles. The van der Waals surface area contributed by atoms with Crippen LogP contribution in [0.4, 0.5) is 0 Å². The molecule has 2 nitrogen and oxygen atoms in total. The van der Waals surface area contributed by atoms with E-state index in [1.807, 2.05) is 0 Å². The number of hydrogen-bond acceptors (Lipinski definition) is 2. The van der Waals surface area contributed by atoms with Gasteiger partial charge in [-0.15, -0.1) is 0 Å². The number of ketones is 1. The maximum Gasteiger partial charge on any atom is 0.192 e. The molecule has 0 radical (unpaired) electrons. The van der Waals surface area contributed by atoms with Crippen LogP contribution in [0.3, 0.4) is 0 Å². The van der Waals surface area contributed by atoms with E-state index in [1.54, 1.807) is 0 Å². The van der Waals surface area contributed by atoms with Crippen molar-refractivity contribution in [1.82, 2.24) is 0 Å². The first kappa shape index (κ1) is 17.7. The van der Waals surface area contributed by atoms with Crippen LogP contribution in [0, 0.1) is 11.8 Å². The van der Waals surface area contributed by atoms with Crippen molar-refractivity contribution in [2.24, 2.45) is 11.8 Å². The van der Waals surface area contributed by atoms with Gasteiger partial charge in [-0.2, -0.15) is 0 Å². The lowest BCUT2D eigenvalue weighted by Crippen LogP contribution is -2.09. The van der Waals surface area contributed by atoms with E-state index < -0.39 is 5.78 Å². The SMILES string of the molecule is CC(=O)C=O.CCCCC(CC)C(C)CC. The van der Waals surface area contributed by atoms with Gasteiger partial charge in [0.1, 0.15) is 0 Å². The van der Waals surface area contributed by atoms with Gasteiger partial charge in [0, 0.05) is 6.92 Å². The van der Waals surface area contributed by atoms with E-state index in [-0.39, 0.29) is 6.29 Å². The average Bonchev–Trinajstić information content (AvgIpc) is 2.30. The Morgan fingerprint density at radius 3 is 1.94 bits per heavy atom. The monoisotopic (exact) mass is 228 g/mol. The molecule has 0 aliphatic rings. The number of carbonyl (C=O) groups is 2. The highest BCUT2D eigenvalue weighted by Crippen LogP contribution is 2.23. The first-order valence-electron chi connectivity index (χ1n) is 6.49. The van der Waals surface area contributed by atoms with Gasteiger partial charge in [0.2, 0.25) is 0 Å². The zero-order chi connectivity index (χ0) is 13.0. The van der Waals surface area contributed by atoms with Crippen LogP contribution in [0.15, 0.2) is 0 Å². The zero-order valence-corrected chi connectivity index (χ0v) is 11.6. The summed E-state index contributed by atoms with van der Waals surface area (Å²) in [5.74, 6) is 1.50. The van der Waals surface area contributed by atoms with Crippen LogP contribution in [0.5, 0.6) is 0 Å². The topological polar surface area (TPSA) is 34.1 Å². The molecule has 0 spiro atoms. The van der Waals surface area contributed by atoms with Gasteiger partial charge < -0.3 is 0 Å². The van der Waals surface area contributed by atoms with Gasteiger partial charge >= 0.3 is 0 Å². The smallest absolute Gasteiger partial charge is 0.192 e. The highest BCUT2D eigenvalue weighted by atomic mass is 16.2. The molecule has 16 heavy (non-hydrogen) atoms. The van der Waals surface area contributed by atoms with Crippen molar-refractivity contribution >= 4 is 12.1 Å². The molecule has 0 heterocycles. The minimum absolute atomic E-state index is 0.278. The van der Waals surface area contributed by atoms with Crippen molar-refractivity contribution in [3.8, 4) is 0 Å². The molecule has 0 rings (SSSR count). The Bertz CT molecular complexity index is 176. The van der Waals surface area contributed by atoms with E-state index in [1.165, 1.54) is 39.0 Å². The van der Waals surface area contributed by atoms with Crippen molar-refractivity contribution in [3.63, 3.8) is 0 Å². The lowest BCUT2D eigenvalue weighted by Gasteiger charge is -2.20. The summed E-state index contributed by atoms with van der Waals surface area (Å²) in [5.41, 5.74) is 0. The predicted octanol–water partition coefficient (Wildman–Crippen LogP) is 4.02. The molecule has 96 valence electrons. The van der Waals surface area contributed by atoms with Crippen LogP contribution in [0.1, 0.15) is 66.7 Å². The van der Waals surface area contributed by atoms with E-state index in [0.717, 1.165) is 11.8 Å². The van der Waals surface area contributed by atoms with Gasteiger partial charge in [-0.05, 0) is 11.8 Å². The number of carbonyl (C=O) groups excluding carboxylic acids is 2. The molecular formula is C14H28O2. The molecule has 2 heteroatoms. The van der Waals surface area contributed by atoms with E-state index in [2.05, 4.69) is 27.7 Å². The number of hydrogen-bond donors (Lipinski definition) is 0. The Kier molecular flexibility index (Phi) is 13.7. The third-order valence-electron chi connectivity index (χ3n) is 3.07. The quantitative estimate of drug-likeness (QED) is 0.487. The van der Waals surface area contributed by atoms with Gasteiger partial charge in [0.25, 0.3) is 0 Å². The van der Waals surface area contributed by atoms with Crippen molar-refractivity contribution in [3.05, 3.63) is 0 Å². The van der Waals surface area contributed by atoms with Crippen LogP contribution in [0.25, 0.3) is 0 Å². The minimum atomic E-state index is -0.426. The summed E-state index contributed by atoms with van der Waals surface area (Å²) in [6.45, 7) is 10.5. The second-order valence-electron chi connectivity index (χ2n) is 4.42. The minimum Gasteiger partial charge on any atom is -0.295 e. The number of Topliss-reactive ketones (excluding diaryl/α,β-unsaturated/α-hetero) is 1. The Morgan fingerprint density at radius 2 is 1.69 bits per heavy atom. The maximum atomic E-state index is 9.44. The molecule has 0 saturated carbocycles. The Balaban J connectivity index is 0. The first-order chi connectivity index (χ1) is 7.53. The van der Waals surface area contributed by atoms with Crippen LogP contribution >= 0.6 is 0 Å². The molecule has 0 N–H and O–H groups in total. The third kappa shape index (κ3) is 11.4. The zero-order valence-electron chi connectivity index (χ0n) is 11.6. The fourth-order valence-electron chi connectivity index (χ4n) is 1.69. The summed E-state index contributed by atoms with van der Waals surface area (Å²) < 4.78 is 0. The van der Waals surface area contributed by atoms with E-state index in [0.29, 0.717) is 0 Å². The second kappa shape index (κ2) is 12.4. The van der Waals surface area contributed by atoms with Crippen LogP contribution in [-0.4, -0.2) is 12.1 Å². The number of aldehydes is 1. The normalized spacial score (nSPS) is 13.3. The molecular weight excluding hydrogens is 200 g/mol. The van der Waals surface area contributed by atoms with Crippen molar-refractivity contribution in [1.29, 1.82) is 0 Å². The van der Waals surface area contributed by atoms with Crippen LogP contribution in [0.2, 0.25) is 0 Å². The maximum absolute atomic E-state index is 9.44. The lowest BCUT2D eigenvalue weighted by molar-refractivity contribution is -0.128. The Labute approximate surface area is 101 Å². The van der Waals surface area contributed by atoms with Crippen molar-refractivity contribution in [2.45, 2.75) is 66.7 Å². The first-order valence-corrected chi connectivity index (χ1v) is 6.49. The largest absolute Gasteiger partial charge is 0.295 e. The van der Waals surface area contributed by atoms with E-state index in [4.69, 9.17) is 4.79 Å². The van der Waals surface area contributed by atoms with Crippen LogP contribution in [-0.2, 0) is 9.59 Å². The van der Waals surface area contributed by atoms with Gasteiger partial charge in [0.05, 0.1) is 0 Å². The Morgan fingerprint density at radius 1 is 1.19 bits per heavy atom. The standard InChI is InChI=1S/C11H24.C3H4O2/c1-5-8-9-11(7-3)10(4)6-2;1-3(5)2-4/h10-11H,5-9H2,1-4H3;2H,1H3. The molecule has 0 aromatic carbocycles. The van der Waals surface area contributed by atoms with E-state index >= 15 is 0 Å². The highest BCUT2D eigenvalue weighted by Gasteiger charge is 2.12. The molecule has 2 atom stereocenters. The number of unbranched alkanes of at least 4 members (excludes halogenated alkanes) is 1. The lowest BCUT2D eigenvalue weighted by atomic mass is 9.86. The van der Waals surface area contributed by atoms with Crippen LogP contribution < -0.4 is 0 Å². The predicted molar refractivity (Wildman–Crippen MR) is 69.5 cm³/mol. The molecule has 0 aromatic heterocycles. The molecule has 0 saturated heterocycles. The fourth-order valence-corrected chi connectivity index (χ4v) is 1.69. The molecule has 0 fully saturated rings. The summed E-state index contributed by atoms with van der Waals surface area (Å²) >= 11 is 0. The molecule has 0 aromatic rings. The molecule has 2 unspecified atom stereocenters.